The monoisotopic (exact) mass is 409 g/mol. The minimum atomic E-state index is -0.160. The molecule has 1 fully saturated rings. The van der Waals surface area contributed by atoms with Gasteiger partial charge in [0, 0.05) is 35.5 Å². The molecule has 1 aromatic carbocycles. The Bertz CT molecular complexity index is 983. The van der Waals surface area contributed by atoms with Gasteiger partial charge in [-0.05, 0) is 42.5 Å². The van der Waals surface area contributed by atoms with Crippen LogP contribution in [-0.2, 0) is 11.2 Å². The smallest absolute Gasteiger partial charge is 0.233 e. The number of nitrogens with zero attached hydrogens (tertiary/aromatic N) is 2. The molecule has 3 aromatic rings. The molecule has 29 heavy (non-hydrogen) atoms. The Kier molecular flexibility index (Phi) is 5.76. The van der Waals surface area contributed by atoms with Crippen molar-refractivity contribution in [3.8, 4) is 11.5 Å². The Morgan fingerprint density at radius 1 is 1.17 bits per heavy atom. The molecule has 0 radical (unpaired) electrons. The van der Waals surface area contributed by atoms with Crippen LogP contribution in [0.4, 0.5) is 5.13 Å². The summed E-state index contributed by atoms with van der Waals surface area (Å²) < 4.78 is 10.6. The van der Waals surface area contributed by atoms with Crippen LogP contribution in [0.25, 0.3) is 0 Å². The SMILES string of the molecule is COc1ccc(C(C(=O)Nc2ncc(Cc3cnccc3OC)s2)C2CC2)cc1. The van der Waals surface area contributed by atoms with Crippen molar-refractivity contribution in [1.29, 1.82) is 0 Å². The van der Waals surface area contributed by atoms with Crippen LogP contribution < -0.4 is 14.8 Å². The first-order valence-corrected chi connectivity index (χ1v) is 10.4. The van der Waals surface area contributed by atoms with E-state index in [0.29, 0.717) is 17.5 Å². The molecule has 1 N–H and O–H groups in total. The van der Waals surface area contributed by atoms with E-state index in [1.807, 2.05) is 30.3 Å². The van der Waals surface area contributed by atoms with Crippen molar-refractivity contribution >= 4 is 22.4 Å². The number of hydrogen-bond acceptors (Lipinski definition) is 6. The number of carbonyl (C=O) groups excluding carboxylic acids is 1. The van der Waals surface area contributed by atoms with Crippen molar-refractivity contribution in [1.82, 2.24) is 9.97 Å². The van der Waals surface area contributed by atoms with Crippen LogP contribution in [0.1, 0.15) is 34.8 Å². The average Bonchev–Trinajstić information content (AvgIpc) is 3.48. The number of nitrogens with one attached hydrogen (secondary N) is 1. The van der Waals surface area contributed by atoms with Crippen LogP contribution >= 0.6 is 11.3 Å². The van der Waals surface area contributed by atoms with Gasteiger partial charge in [0.15, 0.2) is 5.13 Å². The summed E-state index contributed by atoms with van der Waals surface area (Å²) in [7, 11) is 3.29. The molecule has 150 valence electrons. The third-order valence-electron chi connectivity index (χ3n) is 5.08. The molecule has 2 heterocycles. The van der Waals surface area contributed by atoms with E-state index in [4.69, 9.17) is 9.47 Å². The molecular weight excluding hydrogens is 386 g/mol. The molecule has 7 heteroatoms. The van der Waals surface area contributed by atoms with Gasteiger partial charge in [-0.15, -0.1) is 11.3 Å². The highest BCUT2D eigenvalue weighted by atomic mass is 32.1. The number of aromatic nitrogens is 2. The first-order valence-electron chi connectivity index (χ1n) is 9.54. The fourth-order valence-electron chi connectivity index (χ4n) is 3.44. The number of rotatable bonds is 8. The summed E-state index contributed by atoms with van der Waals surface area (Å²) >= 11 is 1.48. The van der Waals surface area contributed by atoms with Crippen LogP contribution in [0.2, 0.25) is 0 Å². The van der Waals surface area contributed by atoms with Gasteiger partial charge in [-0.2, -0.15) is 0 Å². The maximum Gasteiger partial charge on any atom is 0.233 e. The molecule has 0 saturated heterocycles. The fraction of sp³-hybridized carbons (Fsp3) is 0.318. The number of thiazole rings is 1. The summed E-state index contributed by atoms with van der Waals surface area (Å²) in [6.07, 6.45) is 8.12. The van der Waals surface area contributed by atoms with E-state index in [1.165, 1.54) is 11.3 Å². The van der Waals surface area contributed by atoms with Crippen LogP contribution in [0.15, 0.2) is 48.9 Å². The number of carbonyl (C=O) groups is 1. The van der Waals surface area contributed by atoms with Gasteiger partial charge >= 0.3 is 0 Å². The molecular formula is C22H23N3O3S. The standard InChI is InChI=1S/C22H23N3O3S/c1-27-17-7-5-15(6-8-17)20(14-3-4-14)21(26)25-22-24-13-18(29-22)11-16-12-23-10-9-19(16)28-2/h5-10,12-14,20H,3-4,11H2,1-2H3,(H,24,25,26). The summed E-state index contributed by atoms with van der Waals surface area (Å²) in [4.78, 5) is 22.6. The molecule has 2 aromatic heterocycles. The fourth-order valence-corrected chi connectivity index (χ4v) is 4.28. The molecule has 1 aliphatic carbocycles. The second-order valence-electron chi connectivity index (χ2n) is 7.07. The van der Waals surface area contributed by atoms with Crippen molar-refractivity contribution in [3.63, 3.8) is 0 Å². The lowest BCUT2D eigenvalue weighted by molar-refractivity contribution is -0.118. The first-order chi connectivity index (χ1) is 14.2. The van der Waals surface area contributed by atoms with Gasteiger partial charge in [-0.1, -0.05) is 12.1 Å². The van der Waals surface area contributed by atoms with Crippen molar-refractivity contribution < 1.29 is 14.3 Å². The first kappa shape index (κ1) is 19.4. The van der Waals surface area contributed by atoms with Crippen LogP contribution in [0, 0.1) is 5.92 Å². The molecule has 6 nitrogen and oxygen atoms in total. The van der Waals surface area contributed by atoms with E-state index >= 15 is 0 Å². The largest absolute Gasteiger partial charge is 0.497 e. The summed E-state index contributed by atoms with van der Waals surface area (Å²) in [5, 5.41) is 3.63. The molecule has 1 atom stereocenters. The predicted molar refractivity (Wildman–Crippen MR) is 113 cm³/mol. The van der Waals surface area contributed by atoms with Gasteiger partial charge in [0.05, 0.1) is 20.1 Å². The van der Waals surface area contributed by atoms with E-state index in [9.17, 15) is 4.79 Å². The van der Waals surface area contributed by atoms with Crippen molar-refractivity contribution in [2.75, 3.05) is 19.5 Å². The summed E-state index contributed by atoms with van der Waals surface area (Å²) in [5.41, 5.74) is 2.01. The Hall–Kier alpha value is -2.93. The summed E-state index contributed by atoms with van der Waals surface area (Å²) in [6.45, 7) is 0. The number of benzene rings is 1. The lowest BCUT2D eigenvalue weighted by atomic mass is 9.93. The Morgan fingerprint density at radius 2 is 1.97 bits per heavy atom. The number of methoxy groups -OCH3 is 2. The van der Waals surface area contributed by atoms with Gasteiger partial charge < -0.3 is 14.8 Å². The lowest BCUT2D eigenvalue weighted by Crippen LogP contribution is -2.22. The quantitative estimate of drug-likeness (QED) is 0.601. The molecule has 1 amide bonds. The topological polar surface area (TPSA) is 73.3 Å². The van der Waals surface area contributed by atoms with Crippen LogP contribution in [0.3, 0.4) is 0 Å². The zero-order valence-electron chi connectivity index (χ0n) is 16.4. The molecule has 1 unspecified atom stereocenters. The third-order valence-corrected chi connectivity index (χ3v) is 5.99. The molecule has 4 rings (SSSR count). The minimum absolute atomic E-state index is 0.00229. The molecule has 0 bridgehead atoms. The van der Waals surface area contributed by atoms with Crippen molar-refractivity contribution in [2.45, 2.75) is 25.2 Å². The van der Waals surface area contributed by atoms with E-state index in [0.717, 1.165) is 40.3 Å². The summed E-state index contributed by atoms with van der Waals surface area (Å²) in [6, 6.07) is 9.60. The van der Waals surface area contributed by atoms with Gasteiger partial charge in [0.25, 0.3) is 0 Å². The number of pyridine rings is 1. The maximum absolute atomic E-state index is 13.0. The number of ether oxygens (including phenoxy) is 2. The highest BCUT2D eigenvalue weighted by molar-refractivity contribution is 7.15. The summed E-state index contributed by atoms with van der Waals surface area (Å²) in [5.74, 6) is 1.82. The second kappa shape index (κ2) is 8.61. The van der Waals surface area contributed by atoms with Crippen molar-refractivity contribution in [2.24, 2.45) is 5.92 Å². The van der Waals surface area contributed by atoms with Gasteiger partial charge in [0.2, 0.25) is 5.91 Å². The minimum Gasteiger partial charge on any atom is -0.497 e. The van der Waals surface area contributed by atoms with Gasteiger partial charge in [-0.25, -0.2) is 4.98 Å². The molecule has 0 spiro atoms. The lowest BCUT2D eigenvalue weighted by Gasteiger charge is -2.16. The highest BCUT2D eigenvalue weighted by Gasteiger charge is 2.37. The highest BCUT2D eigenvalue weighted by Crippen LogP contribution is 2.43. The predicted octanol–water partition coefficient (Wildman–Crippen LogP) is 4.28. The molecule has 1 saturated carbocycles. The van der Waals surface area contributed by atoms with E-state index in [-0.39, 0.29) is 11.8 Å². The zero-order valence-corrected chi connectivity index (χ0v) is 17.2. The Labute approximate surface area is 173 Å². The normalized spacial score (nSPS) is 14.3. The number of hydrogen-bond donors (Lipinski definition) is 1. The molecule has 1 aliphatic rings. The Morgan fingerprint density at radius 3 is 2.66 bits per heavy atom. The van der Waals surface area contributed by atoms with Crippen LogP contribution in [-0.4, -0.2) is 30.1 Å². The average molecular weight is 410 g/mol. The van der Waals surface area contributed by atoms with E-state index < -0.39 is 0 Å². The maximum atomic E-state index is 13.0. The second-order valence-corrected chi connectivity index (χ2v) is 8.19. The van der Waals surface area contributed by atoms with E-state index in [1.54, 1.807) is 32.8 Å². The third kappa shape index (κ3) is 4.56. The number of amides is 1. The van der Waals surface area contributed by atoms with Gasteiger partial charge in [-0.3, -0.25) is 9.78 Å². The zero-order chi connectivity index (χ0) is 20.2. The van der Waals surface area contributed by atoms with Crippen LogP contribution in [0.5, 0.6) is 11.5 Å². The van der Waals surface area contributed by atoms with Gasteiger partial charge in [0.1, 0.15) is 11.5 Å². The van der Waals surface area contributed by atoms with Crippen molar-refractivity contribution in [3.05, 3.63) is 64.9 Å². The molecule has 0 aliphatic heterocycles. The van der Waals surface area contributed by atoms with E-state index in [2.05, 4.69) is 15.3 Å². The Balaban J connectivity index is 1.46. The number of anilines is 1.